The van der Waals surface area contributed by atoms with Crippen molar-refractivity contribution in [2.45, 2.75) is 232 Å². The monoisotopic (exact) mass is 1220 g/mol. The zero-order chi connectivity index (χ0) is 63.3. The van der Waals surface area contributed by atoms with Gasteiger partial charge in [0.15, 0.2) is 0 Å². The smallest absolute Gasteiger partial charge is 0.252 e. The van der Waals surface area contributed by atoms with Crippen molar-refractivity contribution in [1.29, 1.82) is 0 Å². The lowest BCUT2D eigenvalue weighted by Gasteiger charge is -2.51. The van der Waals surface area contributed by atoms with Gasteiger partial charge in [0, 0.05) is 70.5 Å². The van der Waals surface area contributed by atoms with Crippen LogP contribution in [0.2, 0.25) is 0 Å². The maximum atomic E-state index is 2.90. The van der Waals surface area contributed by atoms with Gasteiger partial charge < -0.3 is 14.7 Å². The Balaban J connectivity index is 1.09. The normalized spacial score (nSPS) is 21.9. The van der Waals surface area contributed by atoms with Crippen LogP contribution < -0.4 is 31.1 Å². The molecule has 460 valence electrons. The second-order valence-corrected chi connectivity index (χ2v) is 37.1. The lowest BCUT2D eigenvalue weighted by atomic mass is 9.33. The SMILES string of the molecule is CC(C)(C)c1ccc2c(c1)C1(C)CCCCC1(C)N2c1cc2c3c(c1)N(c1cccc4c1sc1ccc(C(C)(C)C)cc14)c1c(ccc4c1sc1ccc(C(C)(C)C)cc14)B3c1cc3c(cc1N2c1ccc2c(c1)C(C)(C)CCC2(C)C)C(C)(C)CCC3(C)C. The van der Waals surface area contributed by atoms with Crippen molar-refractivity contribution in [3.05, 3.63) is 172 Å². The van der Waals surface area contributed by atoms with Crippen LogP contribution in [0.5, 0.6) is 0 Å². The number of rotatable bonds is 3. The molecule has 1 fully saturated rings. The van der Waals surface area contributed by atoms with E-state index < -0.39 is 0 Å². The third-order valence-corrected chi connectivity index (χ3v) is 26.8. The third kappa shape index (κ3) is 8.19. The average molecular weight is 1220 g/mol. The number of hydrogen-bond donors (Lipinski definition) is 0. The number of nitrogens with zero attached hydrogens (tertiary/aromatic N) is 3. The summed E-state index contributed by atoms with van der Waals surface area (Å²) in [4.78, 5) is 8.56. The Morgan fingerprint density at radius 2 is 0.911 bits per heavy atom. The largest absolute Gasteiger partial charge is 0.334 e. The van der Waals surface area contributed by atoms with Gasteiger partial charge in [-0.1, -0.05) is 198 Å². The first-order valence-corrected chi connectivity index (χ1v) is 35.9. The van der Waals surface area contributed by atoms with Crippen LogP contribution in [0.3, 0.4) is 0 Å². The standard InChI is InChI=1S/C84H94BN3S2/c1-76(2,3)49-26-33-70-56(41-49)54-23-22-24-66(74(54)89-70)87-69-46-53(88-65-32-25-51(78(7,8)9)43-62(65)83(18)35-20-21-36-84(83,88)19)45-68-72(69)85(63-31-29-55-57-42-50(77(4,5)6)27-34-71(57)90-75(55)73(63)87)64-47-60-61(82(16,17)40-39-81(60,14)15)48-67(64)86(68)52-28-30-58-59(44-52)80(12,13)38-37-79(58,10)11/h22-34,41-48H,20-21,35-40H2,1-19H3. The van der Waals surface area contributed by atoms with E-state index >= 15 is 0 Å². The molecule has 16 rings (SSSR count). The number of anilines is 8. The summed E-state index contributed by atoms with van der Waals surface area (Å²) in [5, 5.41) is 5.40. The van der Waals surface area contributed by atoms with E-state index in [0.29, 0.717) is 0 Å². The van der Waals surface area contributed by atoms with E-state index in [4.69, 9.17) is 0 Å². The van der Waals surface area contributed by atoms with Gasteiger partial charge in [0.2, 0.25) is 0 Å². The lowest BCUT2D eigenvalue weighted by molar-refractivity contribution is 0.195. The molecule has 2 atom stereocenters. The predicted octanol–water partition coefficient (Wildman–Crippen LogP) is 22.8. The number of hydrogen-bond acceptors (Lipinski definition) is 5. The zero-order valence-electron chi connectivity index (χ0n) is 57.5. The summed E-state index contributed by atoms with van der Waals surface area (Å²) in [7, 11) is 0. The van der Waals surface area contributed by atoms with Crippen molar-refractivity contribution in [2.75, 3.05) is 14.7 Å². The Morgan fingerprint density at radius 1 is 0.378 bits per heavy atom. The van der Waals surface area contributed by atoms with Crippen LogP contribution >= 0.6 is 22.7 Å². The molecule has 90 heavy (non-hydrogen) atoms. The zero-order valence-corrected chi connectivity index (χ0v) is 59.1. The lowest BCUT2D eigenvalue weighted by Crippen LogP contribution is -2.62. The summed E-state index contributed by atoms with van der Waals surface area (Å²) < 4.78 is 5.40. The van der Waals surface area contributed by atoms with E-state index in [1.165, 1.54) is 172 Å². The molecule has 0 spiro atoms. The van der Waals surface area contributed by atoms with Crippen molar-refractivity contribution in [3.8, 4) is 0 Å². The topological polar surface area (TPSA) is 9.72 Å². The molecule has 6 aliphatic rings. The first-order valence-electron chi connectivity index (χ1n) is 34.2. The van der Waals surface area contributed by atoms with Crippen LogP contribution in [0.25, 0.3) is 40.3 Å². The molecule has 8 aromatic carbocycles. The average Bonchev–Trinajstić information content (AvgIpc) is 1.12. The van der Waals surface area contributed by atoms with E-state index in [1.54, 1.807) is 0 Å². The van der Waals surface area contributed by atoms with Crippen molar-refractivity contribution >= 4 is 132 Å². The molecular formula is C84H94BN3S2. The Bertz CT molecular complexity index is 4750. The van der Waals surface area contributed by atoms with Crippen LogP contribution in [0, 0.1) is 0 Å². The van der Waals surface area contributed by atoms with Gasteiger partial charge in [-0.2, -0.15) is 0 Å². The summed E-state index contributed by atoms with van der Waals surface area (Å²) in [6.45, 7) is 46.7. The van der Waals surface area contributed by atoms with Gasteiger partial charge in [-0.15, -0.1) is 22.7 Å². The van der Waals surface area contributed by atoms with E-state index in [1.807, 2.05) is 22.7 Å². The minimum absolute atomic E-state index is 0.00109. The Hall–Kier alpha value is -6.34. The Kier molecular flexibility index (Phi) is 12.2. The molecule has 0 radical (unpaired) electrons. The summed E-state index contributed by atoms with van der Waals surface area (Å²) in [6, 6.07) is 53.4. The molecule has 2 unspecified atom stereocenters. The molecule has 0 N–H and O–H groups in total. The Labute approximate surface area is 546 Å². The van der Waals surface area contributed by atoms with Gasteiger partial charge in [0.25, 0.3) is 6.71 Å². The van der Waals surface area contributed by atoms with Crippen LogP contribution in [-0.2, 0) is 43.3 Å². The molecule has 10 aromatic rings. The van der Waals surface area contributed by atoms with E-state index in [9.17, 15) is 0 Å². The van der Waals surface area contributed by atoms with Gasteiger partial charge in [0.05, 0.1) is 26.3 Å². The highest BCUT2D eigenvalue weighted by Crippen LogP contribution is 2.63. The summed E-state index contributed by atoms with van der Waals surface area (Å²) in [5.74, 6) is 0. The fourth-order valence-corrected chi connectivity index (χ4v) is 20.6. The quantitative estimate of drug-likeness (QED) is 0.163. The fourth-order valence-electron chi connectivity index (χ4n) is 18.2. The molecule has 2 aromatic heterocycles. The molecule has 3 aliphatic carbocycles. The van der Waals surface area contributed by atoms with Crippen LogP contribution in [0.15, 0.2) is 127 Å². The number of fused-ring (bicyclic) bond motifs is 16. The molecular weight excluding hydrogens is 1130 g/mol. The van der Waals surface area contributed by atoms with Crippen LogP contribution in [0.4, 0.5) is 45.5 Å². The fraction of sp³-hybridized carbons (Fsp3) is 0.429. The molecule has 1 saturated carbocycles. The number of thiophene rings is 2. The highest BCUT2D eigenvalue weighted by molar-refractivity contribution is 7.27. The predicted molar refractivity (Wildman–Crippen MR) is 396 cm³/mol. The number of benzene rings is 8. The molecule has 0 saturated heterocycles. The van der Waals surface area contributed by atoms with Gasteiger partial charge in [-0.25, -0.2) is 0 Å². The minimum Gasteiger partial charge on any atom is -0.334 e. The van der Waals surface area contributed by atoms with Crippen molar-refractivity contribution in [2.24, 2.45) is 0 Å². The van der Waals surface area contributed by atoms with Gasteiger partial charge in [-0.3, -0.25) is 0 Å². The maximum Gasteiger partial charge on any atom is 0.252 e. The van der Waals surface area contributed by atoms with Gasteiger partial charge >= 0.3 is 0 Å². The highest BCUT2D eigenvalue weighted by atomic mass is 32.1. The second kappa shape index (κ2) is 18.7. The Morgan fingerprint density at radius 3 is 1.53 bits per heavy atom. The first-order chi connectivity index (χ1) is 42.2. The van der Waals surface area contributed by atoms with Crippen molar-refractivity contribution in [1.82, 2.24) is 0 Å². The maximum absolute atomic E-state index is 2.90. The summed E-state index contributed by atoms with van der Waals surface area (Å²) in [5.41, 5.74) is 26.3. The van der Waals surface area contributed by atoms with E-state index in [0.717, 1.165) is 25.7 Å². The molecule has 5 heterocycles. The summed E-state index contributed by atoms with van der Waals surface area (Å²) in [6.07, 6.45) is 9.42. The molecule has 3 nitrogen and oxygen atoms in total. The third-order valence-electron chi connectivity index (χ3n) is 24.4. The summed E-state index contributed by atoms with van der Waals surface area (Å²) >= 11 is 3.99. The minimum atomic E-state index is -0.185. The molecule has 0 amide bonds. The first kappa shape index (κ1) is 58.7. The molecule has 6 heteroatoms. The second-order valence-electron chi connectivity index (χ2n) is 35.0. The molecule has 3 aliphatic heterocycles. The molecule has 0 bridgehead atoms. The van der Waals surface area contributed by atoms with Crippen LogP contribution in [0.1, 0.15) is 227 Å². The van der Waals surface area contributed by atoms with Crippen molar-refractivity contribution in [3.63, 3.8) is 0 Å². The van der Waals surface area contributed by atoms with E-state index in [-0.39, 0.29) is 55.6 Å². The van der Waals surface area contributed by atoms with E-state index in [2.05, 4.69) is 274 Å². The van der Waals surface area contributed by atoms with Gasteiger partial charge in [-0.05, 0) is 211 Å². The highest BCUT2D eigenvalue weighted by Gasteiger charge is 2.59. The van der Waals surface area contributed by atoms with Gasteiger partial charge in [0.1, 0.15) is 0 Å². The van der Waals surface area contributed by atoms with Crippen LogP contribution in [-0.4, -0.2) is 12.3 Å². The van der Waals surface area contributed by atoms with Crippen molar-refractivity contribution < 1.29 is 0 Å².